The van der Waals surface area contributed by atoms with E-state index in [-0.39, 0.29) is 11.8 Å². The standard InChI is InChI=1S/C19H12Cl4N2O/c20-16-10-7-15(8-11-16)6-3-13-1-4-14(5-2-13)9-12-17-24-25-18(26-17)19(21,22)23/h1-12H/b6-3+,12-9+. The minimum Gasteiger partial charge on any atom is -0.417 e. The fourth-order valence-electron chi connectivity index (χ4n) is 2.07. The van der Waals surface area contributed by atoms with Gasteiger partial charge in [0.15, 0.2) is 0 Å². The Morgan fingerprint density at radius 1 is 0.692 bits per heavy atom. The van der Waals surface area contributed by atoms with Gasteiger partial charge in [-0.1, -0.05) is 95.0 Å². The first kappa shape index (κ1) is 19.0. The summed E-state index contributed by atoms with van der Waals surface area (Å²) in [7, 11) is 0. The maximum Gasteiger partial charge on any atom is 0.268 e. The molecule has 3 nitrogen and oxygen atoms in total. The van der Waals surface area contributed by atoms with Crippen molar-refractivity contribution in [2.24, 2.45) is 0 Å². The highest BCUT2D eigenvalue weighted by atomic mass is 35.6. The highest BCUT2D eigenvalue weighted by molar-refractivity contribution is 6.66. The van der Waals surface area contributed by atoms with Crippen LogP contribution in [0.15, 0.2) is 52.9 Å². The van der Waals surface area contributed by atoms with Gasteiger partial charge in [-0.25, -0.2) is 0 Å². The van der Waals surface area contributed by atoms with Gasteiger partial charge in [-0.15, -0.1) is 10.2 Å². The van der Waals surface area contributed by atoms with Crippen molar-refractivity contribution in [3.8, 4) is 0 Å². The van der Waals surface area contributed by atoms with Crippen LogP contribution in [0.4, 0.5) is 0 Å². The smallest absolute Gasteiger partial charge is 0.268 e. The summed E-state index contributed by atoms with van der Waals surface area (Å²) in [6.45, 7) is 0. The maximum atomic E-state index is 5.88. The van der Waals surface area contributed by atoms with Gasteiger partial charge in [0.1, 0.15) is 0 Å². The van der Waals surface area contributed by atoms with Gasteiger partial charge >= 0.3 is 0 Å². The zero-order valence-corrected chi connectivity index (χ0v) is 16.3. The molecule has 7 heteroatoms. The number of hydrogen-bond acceptors (Lipinski definition) is 3. The molecule has 0 unspecified atom stereocenters. The number of halogens is 4. The van der Waals surface area contributed by atoms with Gasteiger partial charge in [0, 0.05) is 11.1 Å². The van der Waals surface area contributed by atoms with Crippen molar-refractivity contribution in [3.05, 3.63) is 82.0 Å². The zero-order valence-electron chi connectivity index (χ0n) is 13.2. The van der Waals surface area contributed by atoms with Crippen molar-refractivity contribution in [2.75, 3.05) is 0 Å². The molecule has 0 aliphatic carbocycles. The first-order chi connectivity index (χ1) is 12.4. The number of aromatic nitrogens is 2. The van der Waals surface area contributed by atoms with Crippen LogP contribution in [0.3, 0.4) is 0 Å². The fourth-order valence-corrected chi connectivity index (χ4v) is 2.42. The predicted octanol–water partition coefficient (Wildman–Crippen LogP) is 6.89. The van der Waals surface area contributed by atoms with Crippen LogP contribution in [-0.4, -0.2) is 10.2 Å². The van der Waals surface area contributed by atoms with Gasteiger partial charge in [-0.3, -0.25) is 0 Å². The largest absolute Gasteiger partial charge is 0.417 e. The third-order valence-corrected chi connectivity index (χ3v) is 4.11. The second-order valence-electron chi connectivity index (χ2n) is 5.33. The molecule has 3 rings (SSSR count). The Morgan fingerprint density at radius 2 is 1.15 bits per heavy atom. The third kappa shape index (κ3) is 5.36. The Morgan fingerprint density at radius 3 is 1.62 bits per heavy atom. The maximum absolute atomic E-state index is 5.88. The van der Waals surface area contributed by atoms with Crippen LogP contribution in [0.25, 0.3) is 24.3 Å². The summed E-state index contributed by atoms with van der Waals surface area (Å²) in [4.78, 5) is 0. The average Bonchev–Trinajstić information content (AvgIpc) is 3.10. The number of alkyl halides is 3. The van der Waals surface area contributed by atoms with Gasteiger partial charge in [-0.05, 0) is 34.9 Å². The van der Waals surface area contributed by atoms with E-state index in [1.54, 1.807) is 6.08 Å². The molecule has 0 saturated heterocycles. The molecular weight excluding hydrogens is 414 g/mol. The Hall–Kier alpha value is -1.78. The van der Waals surface area contributed by atoms with Gasteiger partial charge in [0.05, 0.1) is 0 Å². The van der Waals surface area contributed by atoms with Crippen LogP contribution in [0.1, 0.15) is 28.5 Å². The molecule has 3 aromatic rings. The molecule has 0 aliphatic rings. The van der Waals surface area contributed by atoms with Crippen molar-refractivity contribution in [2.45, 2.75) is 3.79 Å². The molecule has 0 spiro atoms. The van der Waals surface area contributed by atoms with E-state index >= 15 is 0 Å². The molecule has 1 heterocycles. The van der Waals surface area contributed by atoms with E-state index in [9.17, 15) is 0 Å². The minimum absolute atomic E-state index is 0.0650. The summed E-state index contributed by atoms with van der Waals surface area (Å²) in [5, 5.41) is 8.22. The van der Waals surface area contributed by atoms with Crippen LogP contribution in [0, 0.1) is 0 Å². The second kappa shape index (κ2) is 8.28. The number of hydrogen-bond donors (Lipinski definition) is 0. The van der Waals surface area contributed by atoms with Crippen LogP contribution in [0.2, 0.25) is 5.02 Å². The molecule has 0 fully saturated rings. The normalized spacial score (nSPS) is 12.3. The van der Waals surface area contributed by atoms with Crippen molar-refractivity contribution < 1.29 is 4.42 Å². The van der Waals surface area contributed by atoms with Crippen molar-refractivity contribution in [1.29, 1.82) is 0 Å². The number of rotatable bonds is 4. The van der Waals surface area contributed by atoms with Crippen LogP contribution in [-0.2, 0) is 3.79 Å². The molecule has 2 aromatic carbocycles. The SMILES string of the molecule is Clc1ccc(/C=C/c2ccc(/C=C/c3nnc(C(Cl)(Cl)Cl)o3)cc2)cc1. The van der Waals surface area contributed by atoms with Crippen LogP contribution < -0.4 is 0 Å². The lowest BCUT2D eigenvalue weighted by Crippen LogP contribution is -1.99. The zero-order chi connectivity index (χ0) is 18.6. The lowest BCUT2D eigenvalue weighted by Gasteiger charge is -2.01. The Labute approximate surface area is 170 Å². The van der Waals surface area contributed by atoms with Crippen molar-refractivity contribution >= 4 is 70.7 Å². The average molecular weight is 426 g/mol. The monoisotopic (exact) mass is 424 g/mol. The van der Waals surface area contributed by atoms with Gasteiger partial charge in [0.25, 0.3) is 9.68 Å². The number of nitrogens with zero attached hydrogens (tertiary/aromatic N) is 2. The molecule has 0 radical (unpaired) electrons. The van der Waals surface area contributed by atoms with Crippen LogP contribution in [0.5, 0.6) is 0 Å². The second-order valence-corrected chi connectivity index (χ2v) is 8.05. The minimum atomic E-state index is -1.73. The molecule has 0 N–H and O–H groups in total. The third-order valence-electron chi connectivity index (χ3n) is 3.38. The van der Waals surface area contributed by atoms with Crippen molar-refractivity contribution in [1.82, 2.24) is 10.2 Å². The van der Waals surface area contributed by atoms with E-state index in [1.807, 2.05) is 66.8 Å². The Bertz CT molecular complexity index is 923. The summed E-state index contributed by atoms with van der Waals surface area (Å²) in [5.41, 5.74) is 3.13. The fraction of sp³-hybridized carbons (Fsp3) is 0.0526. The molecule has 26 heavy (non-hydrogen) atoms. The molecule has 0 saturated carbocycles. The van der Waals surface area contributed by atoms with Gasteiger partial charge in [0.2, 0.25) is 5.89 Å². The summed E-state index contributed by atoms with van der Waals surface area (Å²) in [5.74, 6) is 0.197. The van der Waals surface area contributed by atoms with E-state index in [0.29, 0.717) is 0 Å². The van der Waals surface area contributed by atoms with E-state index in [4.69, 9.17) is 50.8 Å². The molecule has 1 aromatic heterocycles. The van der Waals surface area contributed by atoms with Crippen molar-refractivity contribution in [3.63, 3.8) is 0 Å². The van der Waals surface area contributed by atoms with E-state index in [0.717, 1.165) is 21.7 Å². The quantitative estimate of drug-likeness (QED) is 0.337. The summed E-state index contributed by atoms with van der Waals surface area (Å²) in [6, 6.07) is 15.6. The molecule has 0 bridgehead atoms. The van der Waals surface area contributed by atoms with E-state index in [2.05, 4.69) is 10.2 Å². The molecular formula is C19H12Cl4N2O. The van der Waals surface area contributed by atoms with E-state index in [1.165, 1.54) is 0 Å². The molecule has 132 valence electrons. The Kier molecular flexibility index (Phi) is 6.05. The molecule has 0 amide bonds. The first-order valence-electron chi connectivity index (χ1n) is 7.53. The van der Waals surface area contributed by atoms with Gasteiger partial charge in [-0.2, -0.15) is 0 Å². The first-order valence-corrected chi connectivity index (χ1v) is 9.04. The number of benzene rings is 2. The topological polar surface area (TPSA) is 38.9 Å². The summed E-state index contributed by atoms with van der Waals surface area (Å²) in [6.07, 6.45) is 7.55. The summed E-state index contributed by atoms with van der Waals surface area (Å²) < 4.78 is 3.54. The molecule has 0 atom stereocenters. The lowest BCUT2D eigenvalue weighted by molar-refractivity contribution is 0.493. The highest BCUT2D eigenvalue weighted by Gasteiger charge is 2.29. The van der Waals surface area contributed by atoms with Crippen LogP contribution >= 0.6 is 46.4 Å². The Balaban J connectivity index is 1.65. The highest BCUT2D eigenvalue weighted by Crippen LogP contribution is 2.37. The summed E-state index contributed by atoms with van der Waals surface area (Å²) >= 11 is 22.9. The van der Waals surface area contributed by atoms with E-state index < -0.39 is 3.79 Å². The van der Waals surface area contributed by atoms with Gasteiger partial charge < -0.3 is 4.42 Å². The molecule has 0 aliphatic heterocycles. The predicted molar refractivity (Wildman–Crippen MR) is 109 cm³/mol. The lowest BCUT2D eigenvalue weighted by atomic mass is 10.1.